The Bertz CT molecular complexity index is 251. The Hall–Kier alpha value is -0.900. The van der Waals surface area contributed by atoms with Crippen molar-refractivity contribution in [2.45, 2.75) is 25.7 Å². The first kappa shape index (κ1) is 9.65. The monoisotopic (exact) mass is 196 g/mol. The van der Waals surface area contributed by atoms with Crippen molar-refractivity contribution in [3.63, 3.8) is 0 Å². The minimum absolute atomic E-state index is 0.00435. The van der Waals surface area contributed by atoms with Crippen LogP contribution in [-0.2, 0) is 9.59 Å². The van der Waals surface area contributed by atoms with Gasteiger partial charge < -0.3 is 0 Å². The second kappa shape index (κ2) is 3.35. The van der Waals surface area contributed by atoms with Crippen LogP contribution in [0.4, 0.5) is 0 Å². The summed E-state index contributed by atoms with van der Waals surface area (Å²) in [5.41, 5.74) is 0. The molecule has 4 heteroatoms. The quantitative estimate of drug-likeness (QED) is 0.578. The molecule has 2 aliphatic rings. The highest BCUT2D eigenvalue weighted by Gasteiger charge is 2.49. The minimum atomic E-state index is -0.0290. The molecule has 0 aromatic heterocycles. The third kappa shape index (κ3) is 1.25. The lowest BCUT2D eigenvalue weighted by molar-refractivity contribution is -0.154. The van der Waals surface area contributed by atoms with Gasteiger partial charge in [0.05, 0.1) is 11.8 Å². The molecule has 1 aliphatic heterocycles. The van der Waals surface area contributed by atoms with Crippen LogP contribution >= 0.6 is 0 Å². The Balaban J connectivity index is 2.24. The molecule has 0 unspecified atom stereocenters. The van der Waals surface area contributed by atoms with Crippen LogP contribution in [0.2, 0.25) is 0 Å². The number of amides is 2. The third-order valence-electron chi connectivity index (χ3n) is 3.22. The number of rotatable bonds is 1. The van der Waals surface area contributed by atoms with E-state index >= 15 is 0 Å². The standard InChI is InChI=1S/C10H16N2O2/c1-11(2)12-9(13)7-5-3-4-6-8(7)10(12)14/h7-8H,3-6H2,1-2H3/t7-,8-/m0/s1. The molecule has 2 amide bonds. The fourth-order valence-electron chi connectivity index (χ4n) is 2.54. The number of nitrogens with zero attached hydrogens (tertiary/aromatic N) is 2. The molecule has 78 valence electrons. The average molecular weight is 196 g/mol. The maximum atomic E-state index is 11.9. The largest absolute Gasteiger partial charge is 0.273 e. The van der Waals surface area contributed by atoms with Crippen LogP contribution in [0, 0.1) is 11.8 Å². The lowest BCUT2D eigenvalue weighted by Gasteiger charge is -2.21. The van der Waals surface area contributed by atoms with Gasteiger partial charge in [0.25, 0.3) is 0 Å². The maximum absolute atomic E-state index is 11.9. The molecule has 0 N–H and O–H groups in total. The van der Waals surface area contributed by atoms with Crippen molar-refractivity contribution >= 4 is 11.8 Å². The van der Waals surface area contributed by atoms with Gasteiger partial charge in [0.2, 0.25) is 11.8 Å². The Morgan fingerprint density at radius 3 is 1.86 bits per heavy atom. The number of carbonyl (C=O) groups is 2. The molecule has 1 saturated carbocycles. The van der Waals surface area contributed by atoms with Crippen LogP contribution in [0.5, 0.6) is 0 Å². The first-order valence-corrected chi connectivity index (χ1v) is 5.18. The predicted octanol–water partition coefficient (Wildman–Crippen LogP) is 0.638. The summed E-state index contributed by atoms with van der Waals surface area (Å²) in [6.07, 6.45) is 3.95. The van der Waals surface area contributed by atoms with E-state index in [1.54, 1.807) is 19.1 Å². The van der Waals surface area contributed by atoms with Crippen molar-refractivity contribution in [1.29, 1.82) is 0 Å². The van der Waals surface area contributed by atoms with Crippen LogP contribution in [0.25, 0.3) is 0 Å². The van der Waals surface area contributed by atoms with Crippen LogP contribution in [-0.4, -0.2) is 35.9 Å². The molecular formula is C10H16N2O2. The van der Waals surface area contributed by atoms with Gasteiger partial charge in [0, 0.05) is 14.1 Å². The second-order valence-electron chi connectivity index (χ2n) is 4.33. The van der Waals surface area contributed by atoms with E-state index in [0.717, 1.165) is 25.7 Å². The Kier molecular flexibility index (Phi) is 2.31. The van der Waals surface area contributed by atoms with Crippen LogP contribution in [0.15, 0.2) is 0 Å². The number of hydrogen-bond donors (Lipinski definition) is 0. The zero-order valence-corrected chi connectivity index (χ0v) is 8.69. The first-order chi connectivity index (χ1) is 6.63. The van der Waals surface area contributed by atoms with Crippen molar-refractivity contribution in [2.75, 3.05) is 14.1 Å². The number of imide groups is 1. The maximum Gasteiger partial charge on any atom is 0.247 e. The van der Waals surface area contributed by atoms with Gasteiger partial charge in [-0.25, -0.2) is 10.0 Å². The zero-order chi connectivity index (χ0) is 10.3. The summed E-state index contributed by atoms with van der Waals surface area (Å²) in [7, 11) is 3.49. The summed E-state index contributed by atoms with van der Waals surface area (Å²) in [6, 6.07) is 0. The zero-order valence-electron chi connectivity index (χ0n) is 8.69. The van der Waals surface area contributed by atoms with Crippen LogP contribution in [0.3, 0.4) is 0 Å². The van der Waals surface area contributed by atoms with Gasteiger partial charge in [0.15, 0.2) is 0 Å². The predicted molar refractivity (Wildman–Crippen MR) is 51.0 cm³/mol. The minimum Gasteiger partial charge on any atom is -0.273 e. The van der Waals surface area contributed by atoms with Crippen molar-refractivity contribution in [3.8, 4) is 0 Å². The fourth-order valence-corrected chi connectivity index (χ4v) is 2.54. The molecule has 2 rings (SSSR count). The van der Waals surface area contributed by atoms with E-state index in [-0.39, 0.29) is 23.7 Å². The third-order valence-corrected chi connectivity index (χ3v) is 3.22. The summed E-state index contributed by atoms with van der Waals surface area (Å²) in [5, 5.41) is 2.91. The van der Waals surface area contributed by atoms with E-state index in [2.05, 4.69) is 0 Å². The molecule has 14 heavy (non-hydrogen) atoms. The average Bonchev–Trinajstić information content (AvgIpc) is 2.41. The summed E-state index contributed by atoms with van der Waals surface area (Å²) in [4.78, 5) is 23.7. The summed E-state index contributed by atoms with van der Waals surface area (Å²) in [5.74, 6) is -0.0494. The topological polar surface area (TPSA) is 40.6 Å². The molecule has 1 saturated heterocycles. The van der Waals surface area contributed by atoms with Crippen molar-refractivity contribution < 1.29 is 9.59 Å². The van der Waals surface area contributed by atoms with Gasteiger partial charge in [-0.05, 0) is 12.8 Å². The molecule has 0 aromatic carbocycles. The van der Waals surface area contributed by atoms with E-state index in [0.29, 0.717) is 0 Å². The van der Waals surface area contributed by atoms with Crippen molar-refractivity contribution in [1.82, 2.24) is 10.0 Å². The summed E-state index contributed by atoms with van der Waals surface area (Å²) < 4.78 is 0. The van der Waals surface area contributed by atoms with Gasteiger partial charge in [0.1, 0.15) is 0 Å². The van der Waals surface area contributed by atoms with E-state index in [4.69, 9.17) is 0 Å². The van der Waals surface area contributed by atoms with Gasteiger partial charge in [-0.1, -0.05) is 12.8 Å². The molecule has 2 fully saturated rings. The first-order valence-electron chi connectivity index (χ1n) is 5.18. The highest BCUT2D eigenvalue weighted by molar-refractivity contribution is 6.04. The van der Waals surface area contributed by atoms with Gasteiger partial charge in [-0.2, -0.15) is 0 Å². The van der Waals surface area contributed by atoms with Gasteiger partial charge in [-0.15, -0.1) is 0 Å². The highest BCUT2D eigenvalue weighted by Crippen LogP contribution is 2.38. The van der Waals surface area contributed by atoms with Crippen LogP contribution in [0.1, 0.15) is 25.7 Å². The molecule has 0 bridgehead atoms. The number of fused-ring (bicyclic) bond motifs is 1. The lowest BCUT2D eigenvalue weighted by Crippen LogP contribution is -2.42. The fraction of sp³-hybridized carbons (Fsp3) is 0.800. The lowest BCUT2D eigenvalue weighted by atomic mass is 9.81. The van der Waals surface area contributed by atoms with Crippen molar-refractivity contribution in [3.05, 3.63) is 0 Å². The SMILES string of the molecule is CN(C)N1C(=O)[C@H]2CCCC[C@@H]2C1=O. The molecule has 2 atom stereocenters. The number of carbonyl (C=O) groups excluding carboxylic acids is 2. The molecule has 0 radical (unpaired) electrons. The molecule has 4 nitrogen and oxygen atoms in total. The summed E-state index contributed by atoms with van der Waals surface area (Å²) >= 11 is 0. The van der Waals surface area contributed by atoms with E-state index in [9.17, 15) is 9.59 Å². The normalized spacial score (nSPS) is 32.6. The van der Waals surface area contributed by atoms with Crippen molar-refractivity contribution in [2.24, 2.45) is 11.8 Å². The number of hydrazine groups is 1. The second-order valence-corrected chi connectivity index (χ2v) is 4.33. The van der Waals surface area contributed by atoms with Crippen LogP contribution < -0.4 is 0 Å². The smallest absolute Gasteiger partial charge is 0.247 e. The van der Waals surface area contributed by atoms with E-state index < -0.39 is 0 Å². The number of hydrogen-bond acceptors (Lipinski definition) is 3. The molecule has 1 heterocycles. The molecule has 0 spiro atoms. The Morgan fingerprint density at radius 1 is 1.07 bits per heavy atom. The Morgan fingerprint density at radius 2 is 1.50 bits per heavy atom. The molecule has 1 aliphatic carbocycles. The van der Waals surface area contributed by atoms with Gasteiger partial charge in [-0.3, -0.25) is 9.59 Å². The van der Waals surface area contributed by atoms with E-state index in [1.807, 2.05) is 0 Å². The summed E-state index contributed by atoms with van der Waals surface area (Å²) in [6.45, 7) is 0. The van der Waals surface area contributed by atoms with E-state index in [1.165, 1.54) is 5.01 Å². The highest BCUT2D eigenvalue weighted by atomic mass is 16.2. The Labute approximate surface area is 83.8 Å². The molecule has 0 aromatic rings. The molecular weight excluding hydrogens is 180 g/mol. The van der Waals surface area contributed by atoms with Gasteiger partial charge >= 0.3 is 0 Å².